The van der Waals surface area contributed by atoms with Gasteiger partial charge in [0.15, 0.2) is 0 Å². The fraction of sp³-hybridized carbons (Fsp3) is 0.433. The van der Waals surface area contributed by atoms with E-state index in [-0.39, 0.29) is 18.1 Å². The number of aryl methyl sites for hydroxylation is 3. The fourth-order valence-electron chi connectivity index (χ4n) is 5.79. The average molecular weight is 515 g/mol. The summed E-state index contributed by atoms with van der Waals surface area (Å²) in [7, 11) is 0. The third-order valence-corrected chi connectivity index (χ3v) is 7.76. The zero-order valence-corrected chi connectivity index (χ0v) is 22.9. The maximum atomic E-state index is 12.9. The monoisotopic (exact) mass is 514 g/mol. The first-order valence-electron chi connectivity index (χ1n) is 13.8. The summed E-state index contributed by atoms with van der Waals surface area (Å²) in [6, 6.07) is 14.8. The molecule has 1 atom stereocenters. The second-order valence-electron chi connectivity index (χ2n) is 10.2. The number of nitrogens with zero attached hydrogens (tertiary/aromatic N) is 5. The number of hydrogen-bond acceptors (Lipinski definition) is 4. The lowest BCUT2D eigenvalue weighted by molar-refractivity contribution is -0.122. The Balaban J connectivity index is 1.49. The molecule has 1 aliphatic rings. The van der Waals surface area contributed by atoms with E-state index in [1.165, 1.54) is 6.42 Å². The van der Waals surface area contributed by atoms with Crippen LogP contribution in [-0.2, 0) is 24.4 Å². The Kier molecular flexibility index (Phi) is 7.51. The maximum Gasteiger partial charge on any atom is 0.329 e. The molecule has 8 heteroatoms. The molecule has 0 aliphatic carbocycles. The molecule has 1 amide bonds. The lowest BCUT2D eigenvalue weighted by Gasteiger charge is -2.22. The van der Waals surface area contributed by atoms with E-state index in [9.17, 15) is 9.59 Å². The molecule has 1 saturated heterocycles. The fourth-order valence-corrected chi connectivity index (χ4v) is 5.79. The Morgan fingerprint density at radius 1 is 1.00 bits per heavy atom. The van der Waals surface area contributed by atoms with Crippen LogP contribution in [0.15, 0.2) is 53.5 Å². The molecule has 200 valence electrons. The summed E-state index contributed by atoms with van der Waals surface area (Å²) in [5.41, 5.74) is 6.75. The molecule has 5 rings (SSSR count). The van der Waals surface area contributed by atoms with Crippen LogP contribution in [0, 0.1) is 6.92 Å². The maximum absolute atomic E-state index is 12.9. The number of likely N-dealkylation sites (tertiary alicyclic amines) is 1. The van der Waals surface area contributed by atoms with Gasteiger partial charge in [-0.05, 0) is 70.5 Å². The van der Waals surface area contributed by atoms with E-state index in [0.29, 0.717) is 25.7 Å². The van der Waals surface area contributed by atoms with Gasteiger partial charge in [-0.1, -0.05) is 36.8 Å². The summed E-state index contributed by atoms with van der Waals surface area (Å²) >= 11 is 0. The summed E-state index contributed by atoms with van der Waals surface area (Å²) in [4.78, 5) is 28.3. The average Bonchev–Trinajstić information content (AvgIpc) is 3.62. The number of amides is 1. The van der Waals surface area contributed by atoms with Crippen molar-refractivity contribution in [1.82, 2.24) is 29.1 Å². The largest absolute Gasteiger partial charge is 0.353 e. The van der Waals surface area contributed by atoms with Crippen LogP contribution in [-0.4, -0.2) is 55.4 Å². The summed E-state index contributed by atoms with van der Waals surface area (Å²) in [6.07, 6.45) is 4.27. The third-order valence-electron chi connectivity index (χ3n) is 7.76. The zero-order chi connectivity index (χ0) is 26.8. The molecule has 0 radical (unpaired) electrons. The quantitative estimate of drug-likeness (QED) is 0.362. The van der Waals surface area contributed by atoms with E-state index in [1.54, 1.807) is 4.68 Å². The van der Waals surface area contributed by atoms with Crippen LogP contribution < -0.4 is 11.0 Å². The molecule has 1 fully saturated rings. The highest BCUT2D eigenvalue weighted by Crippen LogP contribution is 2.33. The van der Waals surface area contributed by atoms with Crippen LogP contribution >= 0.6 is 0 Å². The number of rotatable bonds is 9. The molecule has 0 spiro atoms. The van der Waals surface area contributed by atoms with Gasteiger partial charge >= 0.3 is 5.69 Å². The number of imidazole rings is 1. The topological polar surface area (TPSA) is 77.1 Å². The van der Waals surface area contributed by atoms with E-state index in [2.05, 4.69) is 48.3 Å². The number of benzene rings is 2. The van der Waals surface area contributed by atoms with E-state index < -0.39 is 0 Å². The van der Waals surface area contributed by atoms with E-state index in [4.69, 9.17) is 5.10 Å². The summed E-state index contributed by atoms with van der Waals surface area (Å²) in [5, 5.41) is 8.01. The Labute approximate surface area is 223 Å². The minimum absolute atomic E-state index is 0.0114. The summed E-state index contributed by atoms with van der Waals surface area (Å²) in [5.74, 6) is -0.0342. The van der Waals surface area contributed by atoms with Crippen LogP contribution in [0.3, 0.4) is 0 Å². The van der Waals surface area contributed by atoms with Crippen molar-refractivity contribution in [3.63, 3.8) is 0 Å². The number of aromatic nitrogens is 4. The van der Waals surface area contributed by atoms with Gasteiger partial charge in [-0.25, -0.2) is 4.79 Å². The highest BCUT2D eigenvalue weighted by atomic mass is 16.2. The molecule has 8 nitrogen and oxygen atoms in total. The lowest BCUT2D eigenvalue weighted by atomic mass is 10.0. The van der Waals surface area contributed by atoms with Crippen molar-refractivity contribution in [1.29, 1.82) is 0 Å². The molecule has 0 unspecified atom stereocenters. The molecule has 0 bridgehead atoms. The van der Waals surface area contributed by atoms with Gasteiger partial charge in [0, 0.05) is 43.0 Å². The molecule has 3 heterocycles. The van der Waals surface area contributed by atoms with Gasteiger partial charge in [-0.3, -0.25) is 23.5 Å². The second kappa shape index (κ2) is 11.0. The van der Waals surface area contributed by atoms with Crippen molar-refractivity contribution >= 4 is 16.9 Å². The van der Waals surface area contributed by atoms with Crippen molar-refractivity contribution < 1.29 is 4.79 Å². The number of likely N-dealkylation sites (N-methyl/N-ethyl adjacent to an activating group) is 1. The molecule has 2 aromatic heterocycles. The first kappa shape index (κ1) is 26.0. The normalized spacial score (nSPS) is 15.9. The van der Waals surface area contributed by atoms with Crippen molar-refractivity contribution in [3.8, 4) is 22.4 Å². The van der Waals surface area contributed by atoms with E-state index in [0.717, 1.165) is 58.5 Å². The van der Waals surface area contributed by atoms with Gasteiger partial charge in [0.2, 0.25) is 5.91 Å². The van der Waals surface area contributed by atoms with Crippen molar-refractivity contribution in [2.45, 2.75) is 66.2 Å². The van der Waals surface area contributed by atoms with Crippen molar-refractivity contribution in [2.75, 3.05) is 19.6 Å². The molecule has 1 aliphatic heterocycles. The highest BCUT2D eigenvalue weighted by molar-refractivity contribution is 5.88. The van der Waals surface area contributed by atoms with Crippen LogP contribution in [0.4, 0.5) is 0 Å². The van der Waals surface area contributed by atoms with E-state index >= 15 is 0 Å². The molecular formula is C30H38N6O2. The molecule has 2 aromatic carbocycles. The number of carbonyl (C=O) groups is 1. The first-order valence-corrected chi connectivity index (χ1v) is 13.8. The van der Waals surface area contributed by atoms with Gasteiger partial charge in [0.1, 0.15) is 12.2 Å². The SMILES string of the molecule is CCN1CCC[C@@H]1CNC(=O)Cn1cc(-c2ccc3c(c2)n(CC)c(=O)n3CC)c(-c2cccc(C)c2)n1. The zero-order valence-electron chi connectivity index (χ0n) is 22.9. The van der Waals surface area contributed by atoms with Gasteiger partial charge < -0.3 is 5.32 Å². The standard InChI is InChI=1S/C30H38N6O2/c1-5-33-15-9-12-24(33)18-31-28(37)20-34-19-25(29(32-34)23-11-8-10-21(4)16-23)22-13-14-26-27(17-22)36(7-3)30(38)35(26)6-2/h8,10-11,13-14,16-17,19,24H,5-7,9,12,15,18,20H2,1-4H3,(H,31,37)/t24-/m1/s1. The number of carbonyl (C=O) groups excluding carboxylic acids is 1. The third kappa shape index (κ3) is 4.92. The smallest absolute Gasteiger partial charge is 0.329 e. The van der Waals surface area contributed by atoms with Crippen molar-refractivity contribution in [2.24, 2.45) is 0 Å². The van der Waals surface area contributed by atoms with Gasteiger partial charge in [0.25, 0.3) is 0 Å². The van der Waals surface area contributed by atoms with Gasteiger partial charge in [0.05, 0.1) is 11.0 Å². The first-order chi connectivity index (χ1) is 18.4. The molecule has 0 saturated carbocycles. The Morgan fingerprint density at radius 3 is 2.53 bits per heavy atom. The molecule has 38 heavy (non-hydrogen) atoms. The Bertz CT molecular complexity index is 1510. The lowest BCUT2D eigenvalue weighted by Crippen LogP contribution is -2.41. The minimum Gasteiger partial charge on any atom is -0.353 e. The summed E-state index contributed by atoms with van der Waals surface area (Å²) in [6.45, 7) is 12.4. The Morgan fingerprint density at radius 2 is 1.79 bits per heavy atom. The van der Waals surface area contributed by atoms with Crippen LogP contribution in [0.1, 0.15) is 39.2 Å². The highest BCUT2D eigenvalue weighted by Gasteiger charge is 2.23. The molecule has 4 aromatic rings. The number of nitrogens with one attached hydrogen (secondary N) is 1. The number of fused-ring (bicyclic) bond motifs is 1. The minimum atomic E-state index is -0.0342. The predicted molar refractivity (Wildman–Crippen MR) is 152 cm³/mol. The number of hydrogen-bond donors (Lipinski definition) is 1. The molecular weight excluding hydrogens is 476 g/mol. The van der Waals surface area contributed by atoms with E-state index in [1.807, 2.05) is 47.4 Å². The van der Waals surface area contributed by atoms with Crippen LogP contribution in [0.2, 0.25) is 0 Å². The Hall–Kier alpha value is -3.65. The van der Waals surface area contributed by atoms with Gasteiger partial charge in [-0.2, -0.15) is 5.10 Å². The van der Waals surface area contributed by atoms with Crippen molar-refractivity contribution in [3.05, 3.63) is 64.7 Å². The summed E-state index contributed by atoms with van der Waals surface area (Å²) < 4.78 is 5.36. The van der Waals surface area contributed by atoms with Crippen LogP contribution in [0.5, 0.6) is 0 Å². The predicted octanol–water partition coefficient (Wildman–Crippen LogP) is 4.28. The van der Waals surface area contributed by atoms with Gasteiger partial charge in [-0.15, -0.1) is 0 Å². The molecule has 1 N–H and O–H groups in total. The second-order valence-corrected chi connectivity index (χ2v) is 10.2. The van der Waals surface area contributed by atoms with Crippen LogP contribution in [0.25, 0.3) is 33.4 Å².